The fourth-order valence-corrected chi connectivity index (χ4v) is 3.45. The van der Waals surface area contributed by atoms with E-state index in [1.807, 2.05) is 55.8 Å². The third-order valence-electron chi connectivity index (χ3n) is 4.95. The maximum atomic E-state index is 11.5. The van der Waals surface area contributed by atoms with Gasteiger partial charge in [-0.2, -0.15) is 0 Å². The second kappa shape index (κ2) is 6.44. The first kappa shape index (κ1) is 16.6. The second-order valence-electron chi connectivity index (χ2n) is 6.95. The zero-order valence-corrected chi connectivity index (χ0v) is 15.2. The normalized spacial score (nSPS) is 18.1. The summed E-state index contributed by atoms with van der Waals surface area (Å²) < 4.78 is 8.27. The van der Waals surface area contributed by atoms with Crippen molar-refractivity contribution in [3.05, 3.63) is 42.4 Å². The van der Waals surface area contributed by atoms with Gasteiger partial charge < -0.3 is 14.6 Å². The van der Waals surface area contributed by atoms with Crippen LogP contribution in [0, 0.1) is 12.8 Å². The Hall–Kier alpha value is -2.89. The summed E-state index contributed by atoms with van der Waals surface area (Å²) in [5.74, 6) is 1.04. The lowest BCUT2D eigenvalue weighted by Crippen LogP contribution is -2.25. The molecule has 0 bridgehead atoms. The first-order chi connectivity index (χ1) is 12.5. The molecular formula is C20H22N4O2. The van der Waals surface area contributed by atoms with E-state index in [4.69, 9.17) is 4.74 Å². The maximum Gasteiger partial charge on any atom is 0.220 e. The Morgan fingerprint density at radius 2 is 2.19 bits per heavy atom. The molecule has 1 aromatic carbocycles. The van der Waals surface area contributed by atoms with Crippen molar-refractivity contribution in [1.82, 2.24) is 19.9 Å². The van der Waals surface area contributed by atoms with Gasteiger partial charge in [0.15, 0.2) is 0 Å². The predicted octanol–water partition coefficient (Wildman–Crippen LogP) is 2.85. The maximum absolute atomic E-state index is 11.5. The fraction of sp³-hybridized carbons (Fsp3) is 0.350. The minimum atomic E-state index is -0.0761. The number of benzene rings is 1. The summed E-state index contributed by atoms with van der Waals surface area (Å²) in [6.45, 7) is 4.66. The number of amides is 1. The molecule has 6 heteroatoms. The lowest BCUT2D eigenvalue weighted by molar-refractivity contribution is -0.119. The number of carbonyl (C=O) groups excluding carboxylic acids is 1. The number of nitrogens with one attached hydrogen (secondary N) is 1. The summed E-state index contributed by atoms with van der Waals surface area (Å²) in [5, 5.41) is 2.88. The van der Waals surface area contributed by atoms with Gasteiger partial charge in [0.05, 0.1) is 17.5 Å². The molecule has 1 saturated heterocycles. The molecule has 6 nitrogen and oxygen atoms in total. The second-order valence-corrected chi connectivity index (χ2v) is 6.95. The predicted molar refractivity (Wildman–Crippen MR) is 99.9 cm³/mol. The summed E-state index contributed by atoms with van der Waals surface area (Å²) in [7, 11) is 1.96. The number of fused-ring (bicyclic) bond motifs is 1. The molecule has 0 saturated carbocycles. The Labute approximate surface area is 152 Å². The summed E-state index contributed by atoms with van der Waals surface area (Å²) in [6, 6.07) is 10.0. The van der Waals surface area contributed by atoms with E-state index >= 15 is 0 Å². The van der Waals surface area contributed by atoms with E-state index in [2.05, 4.69) is 15.3 Å². The summed E-state index contributed by atoms with van der Waals surface area (Å²) >= 11 is 0. The van der Waals surface area contributed by atoms with Crippen LogP contribution in [0.3, 0.4) is 0 Å². The molecule has 1 fully saturated rings. The Balaban J connectivity index is 1.74. The highest BCUT2D eigenvalue weighted by Crippen LogP contribution is 2.33. The quantitative estimate of drug-likeness (QED) is 0.786. The van der Waals surface area contributed by atoms with Crippen LogP contribution < -0.4 is 10.1 Å². The molecule has 26 heavy (non-hydrogen) atoms. The molecule has 1 N–H and O–H groups in total. The van der Waals surface area contributed by atoms with Crippen LogP contribution in [0.15, 0.2) is 36.7 Å². The molecule has 1 aliphatic rings. The lowest BCUT2D eigenvalue weighted by atomic mass is 10.0. The van der Waals surface area contributed by atoms with Crippen molar-refractivity contribution in [2.75, 3.05) is 6.54 Å². The lowest BCUT2D eigenvalue weighted by Gasteiger charge is -2.21. The van der Waals surface area contributed by atoms with E-state index in [0.29, 0.717) is 13.0 Å². The molecule has 3 aromatic rings. The summed E-state index contributed by atoms with van der Waals surface area (Å²) in [6.07, 6.45) is 2.22. The number of rotatable bonds is 4. The standard InChI is InChI=1S/C20H22N4O2/c1-12-5-4-6-16(23-12)14-7-17-20(24(3)11-22-17)18(8-14)26-13(2)15-9-19(25)21-10-15/h4-8,11,13,15H,9-10H2,1-3H3,(H,21,25)/t13-,15-/m1/s1. The molecule has 2 atom stereocenters. The van der Waals surface area contributed by atoms with Gasteiger partial charge in [0.1, 0.15) is 17.4 Å². The van der Waals surface area contributed by atoms with Crippen molar-refractivity contribution in [2.24, 2.45) is 13.0 Å². The van der Waals surface area contributed by atoms with Gasteiger partial charge in [-0.15, -0.1) is 0 Å². The molecule has 0 unspecified atom stereocenters. The smallest absolute Gasteiger partial charge is 0.220 e. The van der Waals surface area contributed by atoms with Gasteiger partial charge in [0.2, 0.25) is 5.91 Å². The van der Waals surface area contributed by atoms with E-state index in [9.17, 15) is 4.79 Å². The average Bonchev–Trinajstić information content (AvgIpc) is 3.21. The number of nitrogens with zero attached hydrogens (tertiary/aromatic N) is 3. The number of aromatic nitrogens is 3. The molecule has 0 radical (unpaired) electrons. The van der Waals surface area contributed by atoms with E-state index in [-0.39, 0.29) is 17.9 Å². The fourth-order valence-electron chi connectivity index (χ4n) is 3.45. The first-order valence-corrected chi connectivity index (χ1v) is 8.83. The molecule has 0 aliphatic carbocycles. The van der Waals surface area contributed by atoms with E-state index < -0.39 is 0 Å². The van der Waals surface area contributed by atoms with E-state index in [1.165, 1.54) is 0 Å². The van der Waals surface area contributed by atoms with Crippen molar-refractivity contribution in [2.45, 2.75) is 26.4 Å². The average molecular weight is 350 g/mol. The summed E-state index contributed by atoms with van der Waals surface area (Å²) in [5.41, 5.74) is 4.66. The number of aryl methyl sites for hydroxylation is 2. The number of imidazole rings is 1. The first-order valence-electron chi connectivity index (χ1n) is 8.83. The van der Waals surface area contributed by atoms with Crippen molar-refractivity contribution in [1.29, 1.82) is 0 Å². The SMILES string of the molecule is Cc1cccc(-c2cc(O[C@H](C)[C@H]3CNC(=O)C3)c3c(c2)ncn3C)n1. The molecule has 1 aliphatic heterocycles. The highest BCUT2D eigenvalue weighted by atomic mass is 16.5. The van der Waals surface area contributed by atoms with Crippen molar-refractivity contribution >= 4 is 16.9 Å². The Bertz CT molecular complexity index is 979. The van der Waals surface area contributed by atoms with Crippen LogP contribution in [0.25, 0.3) is 22.3 Å². The zero-order chi connectivity index (χ0) is 18.3. The number of pyridine rings is 1. The van der Waals surface area contributed by atoms with Gasteiger partial charge >= 0.3 is 0 Å². The van der Waals surface area contributed by atoms with E-state index in [1.54, 1.807) is 6.33 Å². The summed E-state index contributed by atoms with van der Waals surface area (Å²) in [4.78, 5) is 20.6. The van der Waals surface area contributed by atoms with Crippen molar-refractivity contribution < 1.29 is 9.53 Å². The molecule has 3 heterocycles. The van der Waals surface area contributed by atoms with Gasteiger partial charge in [0.25, 0.3) is 0 Å². The van der Waals surface area contributed by atoms with Gasteiger partial charge in [0, 0.05) is 37.2 Å². The Morgan fingerprint density at radius 3 is 2.92 bits per heavy atom. The highest BCUT2D eigenvalue weighted by molar-refractivity contribution is 5.87. The third-order valence-corrected chi connectivity index (χ3v) is 4.95. The van der Waals surface area contributed by atoms with Crippen LogP contribution in [0.1, 0.15) is 19.0 Å². The Morgan fingerprint density at radius 1 is 1.35 bits per heavy atom. The van der Waals surface area contributed by atoms with Crippen LogP contribution in [-0.2, 0) is 11.8 Å². The monoisotopic (exact) mass is 350 g/mol. The topological polar surface area (TPSA) is 69.0 Å². The number of hydrogen-bond acceptors (Lipinski definition) is 4. The van der Waals surface area contributed by atoms with Crippen LogP contribution in [0.4, 0.5) is 0 Å². The van der Waals surface area contributed by atoms with Crippen LogP contribution in [0.5, 0.6) is 5.75 Å². The Kier molecular flexibility index (Phi) is 4.11. The highest BCUT2D eigenvalue weighted by Gasteiger charge is 2.28. The third kappa shape index (κ3) is 3.03. The van der Waals surface area contributed by atoms with Crippen molar-refractivity contribution in [3.63, 3.8) is 0 Å². The molecule has 4 rings (SSSR count). The molecule has 2 aromatic heterocycles. The molecular weight excluding hydrogens is 328 g/mol. The largest absolute Gasteiger partial charge is 0.488 e. The van der Waals surface area contributed by atoms with Gasteiger partial charge in [-0.25, -0.2) is 4.98 Å². The van der Waals surface area contributed by atoms with Crippen molar-refractivity contribution in [3.8, 4) is 17.0 Å². The number of carbonyl (C=O) groups is 1. The number of ether oxygens (including phenoxy) is 1. The minimum absolute atomic E-state index is 0.0761. The van der Waals surface area contributed by atoms with E-state index in [0.717, 1.165) is 33.7 Å². The zero-order valence-electron chi connectivity index (χ0n) is 15.2. The molecule has 134 valence electrons. The van der Waals surface area contributed by atoms with Crippen LogP contribution >= 0.6 is 0 Å². The van der Waals surface area contributed by atoms with Gasteiger partial charge in [-0.3, -0.25) is 9.78 Å². The number of hydrogen-bond donors (Lipinski definition) is 1. The van der Waals surface area contributed by atoms with Gasteiger partial charge in [-0.05, 0) is 38.1 Å². The molecule has 0 spiro atoms. The van der Waals surface area contributed by atoms with Crippen LogP contribution in [-0.4, -0.2) is 33.1 Å². The molecule has 1 amide bonds. The van der Waals surface area contributed by atoms with Gasteiger partial charge in [-0.1, -0.05) is 6.07 Å². The van der Waals surface area contributed by atoms with Crippen LogP contribution in [0.2, 0.25) is 0 Å². The minimum Gasteiger partial charge on any atom is -0.488 e.